The number of hydrogen-bond donors (Lipinski definition) is 9. The summed E-state index contributed by atoms with van der Waals surface area (Å²) in [5.41, 5.74) is 7.04. The minimum absolute atomic E-state index is 0.0421. The molecule has 0 aliphatic heterocycles. The zero-order chi connectivity index (χ0) is 29.2. The molecule has 0 fully saturated rings. The third-order valence-electron chi connectivity index (χ3n) is 6.28. The molecule has 0 bridgehead atoms. The van der Waals surface area contributed by atoms with Gasteiger partial charge in [-0.3, -0.25) is 14.4 Å². The minimum Gasteiger partial charge on any atom is -0.507 e. The van der Waals surface area contributed by atoms with Crippen LogP contribution < -0.4 is 5.73 Å². The summed E-state index contributed by atoms with van der Waals surface area (Å²) in [4.78, 5) is 43.4. The van der Waals surface area contributed by atoms with Crippen molar-refractivity contribution in [1.29, 1.82) is 0 Å². The van der Waals surface area contributed by atoms with Crippen LogP contribution in [0.3, 0.4) is 0 Å². The fourth-order valence-electron chi connectivity index (χ4n) is 4.49. The maximum Gasteiger partial charge on any atom is 0.339 e. The van der Waals surface area contributed by atoms with Crippen molar-refractivity contribution in [2.24, 2.45) is 5.73 Å². The first kappa shape index (κ1) is 33.4. The third kappa shape index (κ3) is 11.3. The molecule has 1 unspecified atom stereocenters. The van der Waals surface area contributed by atoms with Crippen LogP contribution >= 0.6 is 14.9 Å². The first-order chi connectivity index (χ1) is 18.3. The van der Waals surface area contributed by atoms with Gasteiger partial charge in [-0.1, -0.05) is 49.1 Å². The zero-order valence-corrected chi connectivity index (χ0v) is 23.7. The van der Waals surface area contributed by atoms with Gasteiger partial charge in [0.1, 0.15) is 25.1 Å². The van der Waals surface area contributed by atoms with Crippen molar-refractivity contribution in [3.05, 3.63) is 58.7 Å². The van der Waals surface area contributed by atoms with Gasteiger partial charge in [0.25, 0.3) is 0 Å². The smallest absolute Gasteiger partial charge is 0.339 e. The molecule has 0 saturated heterocycles. The summed E-state index contributed by atoms with van der Waals surface area (Å²) in [5.74, 6) is -0.307. The van der Waals surface area contributed by atoms with E-state index in [-0.39, 0.29) is 49.6 Å². The van der Waals surface area contributed by atoms with Crippen molar-refractivity contribution in [1.82, 2.24) is 9.80 Å². The summed E-state index contributed by atoms with van der Waals surface area (Å²) in [6.07, 6.45) is 4.28. The molecular weight excluding hydrogens is 548 g/mol. The van der Waals surface area contributed by atoms with E-state index in [1.807, 2.05) is 0 Å². The van der Waals surface area contributed by atoms with Crippen LogP contribution in [0.15, 0.2) is 36.4 Å². The van der Waals surface area contributed by atoms with Gasteiger partial charge in [0.15, 0.2) is 0 Å². The highest BCUT2D eigenvalue weighted by Gasteiger charge is 2.30. The Morgan fingerprint density at radius 1 is 0.821 bits per heavy atom. The lowest BCUT2D eigenvalue weighted by Gasteiger charge is -2.37. The van der Waals surface area contributed by atoms with E-state index in [1.165, 1.54) is 4.90 Å². The second-order valence-electron chi connectivity index (χ2n) is 9.69. The van der Waals surface area contributed by atoms with Crippen molar-refractivity contribution >= 4 is 21.2 Å². The van der Waals surface area contributed by atoms with E-state index in [1.54, 1.807) is 41.3 Å². The van der Waals surface area contributed by atoms with Crippen molar-refractivity contribution in [3.63, 3.8) is 0 Å². The van der Waals surface area contributed by atoms with Gasteiger partial charge in [-0.15, -0.1) is 0 Å². The molecule has 2 aromatic rings. The summed E-state index contributed by atoms with van der Waals surface area (Å²) in [7, 11) is -8.18. The molecule has 0 aliphatic carbocycles. The number of rotatable bonds is 17. The summed E-state index contributed by atoms with van der Waals surface area (Å²) in [6.45, 7) is -0.297. The van der Waals surface area contributed by atoms with Crippen LogP contribution in [0.4, 0.5) is 0 Å². The number of para-hydroxylation sites is 2. The minimum atomic E-state index is -4.58. The van der Waals surface area contributed by atoms with Crippen LogP contribution in [0, 0.1) is 0 Å². The lowest BCUT2D eigenvalue weighted by atomic mass is 10.0. The summed E-state index contributed by atoms with van der Waals surface area (Å²) in [5, 5.41) is 40.3. The predicted molar refractivity (Wildman–Crippen MR) is 151 cm³/mol. The Balaban J connectivity index is 2.48. The molecule has 14 heteroatoms. The van der Waals surface area contributed by atoms with Crippen LogP contribution in [0.1, 0.15) is 41.5 Å². The maximum absolute atomic E-state index is 12.2. The number of benzene rings is 2. The van der Waals surface area contributed by atoms with E-state index in [0.29, 0.717) is 42.5 Å². The van der Waals surface area contributed by atoms with Crippen molar-refractivity contribution in [2.45, 2.75) is 51.6 Å². The third-order valence-corrected chi connectivity index (χ3v) is 7.87. The maximum atomic E-state index is 12.2. The molecule has 0 amide bonds. The van der Waals surface area contributed by atoms with E-state index < -0.39 is 33.9 Å². The molecule has 10 N–H and O–H groups in total. The van der Waals surface area contributed by atoms with Crippen LogP contribution in [0.5, 0.6) is 11.5 Å². The Morgan fingerprint density at radius 3 is 1.79 bits per heavy atom. The molecule has 39 heavy (non-hydrogen) atoms. The number of hydrogen-bond acceptors (Lipinski definition) is 10. The summed E-state index contributed by atoms with van der Waals surface area (Å²) in [6, 6.07) is 9.07. The van der Waals surface area contributed by atoms with E-state index in [9.17, 15) is 44.6 Å². The summed E-state index contributed by atoms with van der Waals surface area (Å²) >= 11 is 0. The van der Waals surface area contributed by atoms with Crippen LogP contribution in [0.25, 0.3) is 0 Å². The van der Waals surface area contributed by atoms with Crippen LogP contribution in [-0.4, -0.2) is 87.8 Å². The van der Waals surface area contributed by atoms with Gasteiger partial charge < -0.3 is 45.7 Å². The van der Waals surface area contributed by atoms with Gasteiger partial charge in [0.2, 0.25) is 0 Å². The standard InChI is InChI=1S/C25H41N3O9P2/c1-38(33,34)17-27(12-19-6-4-8-21(15-29)24(19)31)14-23(10-2-3-11-26)28(18-39(35,36)37)13-20-7-5-9-22(16-30)25(20)32/h4-9,23,29-34H,1-3,10-18,26H2,(H2,35,36,37). The first-order valence-corrected chi connectivity index (χ1v) is 16.3. The highest BCUT2D eigenvalue weighted by Crippen LogP contribution is 2.39. The Morgan fingerprint density at radius 2 is 1.33 bits per heavy atom. The lowest BCUT2D eigenvalue weighted by molar-refractivity contribution is 0.135. The van der Waals surface area contributed by atoms with E-state index in [2.05, 4.69) is 6.30 Å². The number of unbranched alkanes of at least 4 members (excludes halogenated alkanes) is 1. The highest BCUT2D eigenvalue weighted by molar-refractivity contribution is 7.62. The molecule has 1 atom stereocenters. The number of nitrogens with two attached hydrogens (primary N) is 1. The Bertz CT molecular complexity index is 1160. The molecule has 12 nitrogen and oxygen atoms in total. The van der Waals surface area contributed by atoms with Crippen LogP contribution in [0.2, 0.25) is 0 Å². The number of nitrogens with zero attached hydrogens (tertiary/aromatic N) is 2. The van der Waals surface area contributed by atoms with Crippen molar-refractivity contribution in [2.75, 3.05) is 25.7 Å². The average Bonchev–Trinajstić information content (AvgIpc) is 2.83. The monoisotopic (exact) mass is 589 g/mol. The molecule has 0 aliphatic rings. The summed E-state index contributed by atoms with van der Waals surface area (Å²) < 4.78 is 12.2. The zero-order valence-electron chi connectivity index (χ0n) is 21.9. The molecule has 0 spiro atoms. The fourth-order valence-corrected chi connectivity index (χ4v) is 6.15. The van der Waals surface area contributed by atoms with E-state index in [0.717, 1.165) is 0 Å². The molecule has 0 heterocycles. The largest absolute Gasteiger partial charge is 0.507 e. The molecule has 0 radical (unpaired) electrons. The van der Waals surface area contributed by atoms with E-state index in [4.69, 9.17) is 5.73 Å². The molecule has 2 rings (SSSR count). The quantitative estimate of drug-likeness (QED) is 0.0942. The fraction of sp³-hybridized carbons (Fsp3) is 0.480. The molecule has 0 saturated carbocycles. The molecule has 220 valence electrons. The van der Waals surface area contributed by atoms with Gasteiger partial charge in [0, 0.05) is 47.9 Å². The molecule has 2 aromatic carbocycles. The van der Waals surface area contributed by atoms with Gasteiger partial charge in [-0.25, -0.2) is 0 Å². The van der Waals surface area contributed by atoms with Gasteiger partial charge in [-0.2, -0.15) is 0 Å². The SMILES string of the molecule is C=P(O)(O)CN(Cc1cccc(CO)c1O)CC(CCCCN)N(Cc1cccc(CO)c1O)CP(=O)(O)O. The van der Waals surface area contributed by atoms with Gasteiger partial charge in [0.05, 0.1) is 19.5 Å². The number of aliphatic hydroxyl groups is 2. The predicted octanol–water partition coefficient (Wildman–Crippen LogP) is 1.24. The highest BCUT2D eigenvalue weighted by atomic mass is 31.2. The Kier molecular flexibility index (Phi) is 13.1. The van der Waals surface area contributed by atoms with E-state index >= 15 is 0 Å². The van der Waals surface area contributed by atoms with Gasteiger partial charge in [-0.05, 0) is 19.4 Å². The van der Waals surface area contributed by atoms with Gasteiger partial charge >= 0.3 is 7.60 Å². The lowest BCUT2D eigenvalue weighted by Crippen LogP contribution is -2.44. The number of aromatic hydroxyl groups is 2. The molecule has 0 aromatic heterocycles. The normalized spacial score (nSPS) is 13.4. The Labute approximate surface area is 228 Å². The molecular formula is C25H41N3O9P2. The average molecular weight is 590 g/mol. The van der Waals surface area contributed by atoms with Crippen LogP contribution in [-0.2, 0) is 30.9 Å². The van der Waals surface area contributed by atoms with Crippen molar-refractivity contribution < 1.29 is 44.6 Å². The first-order valence-electron chi connectivity index (χ1n) is 12.5. The second kappa shape index (κ2) is 15.3. The Hall–Kier alpha value is -1.79. The number of phenols is 2. The number of aliphatic hydroxyl groups excluding tert-OH is 2. The second-order valence-corrected chi connectivity index (χ2v) is 13.3. The topological polar surface area (TPSA) is 211 Å². The van der Waals surface area contributed by atoms with Crippen molar-refractivity contribution in [3.8, 4) is 11.5 Å².